The molecule has 4 aromatic rings. The average molecular weight is 440 g/mol. The van der Waals surface area contributed by atoms with Crippen molar-refractivity contribution in [3.05, 3.63) is 83.8 Å². The first-order chi connectivity index (χ1) is 15.0. The molecule has 0 saturated carbocycles. The van der Waals surface area contributed by atoms with Crippen LogP contribution < -0.4 is 5.32 Å². The van der Waals surface area contributed by atoms with Crippen LogP contribution in [0.25, 0.3) is 11.4 Å². The van der Waals surface area contributed by atoms with E-state index in [1.54, 1.807) is 60.2 Å². The molecular formula is C22H18F2N4O2S. The number of carbonyl (C=O) groups is 1. The molecular weight excluding hydrogens is 422 g/mol. The van der Waals surface area contributed by atoms with E-state index in [-0.39, 0.29) is 18.2 Å². The molecule has 2 aromatic heterocycles. The molecule has 0 radical (unpaired) electrons. The molecule has 2 aromatic carbocycles. The van der Waals surface area contributed by atoms with Crippen molar-refractivity contribution < 1.29 is 18.0 Å². The number of hydrogen-bond donors (Lipinski definition) is 1. The van der Waals surface area contributed by atoms with E-state index >= 15 is 0 Å². The lowest BCUT2D eigenvalue weighted by Crippen LogP contribution is -2.15. The van der Waals surface area contributed by atoms with E-state index in [1.807, 2.05) is 0 Å². The van der Waals surface area contributed by atoms with Crippen molar-refractivity contribution in [2.24, 2.45) is 0 Å². The van der Waals surface area contributed by atoms with Gasteiger partial charge in [-0.3, -0.25) is 9.36 Å². The van der Waals surface area contributed by atoms with Crippen molar-refractivity contribution >= 4 is 23.4 Å². The number of halogens is 2. The highest BCUT2D eigenvalue weighted by Gasteiger charge is 2.19. The van der Waals surface area contributed by atoms with Crippen molar-refractivity contribution in [3.63, 3.8) is 0 Å². The number of hydrogen-bond acceptors (Lipinski definition) is 5. The maximum Gasteiger partial charge on any atom is 0.234 e. The van der Waals surface area contributed by atoms with Crippen LogP contribution in [0.5, 0.6) is 0 Å². The molecule has 4 rings (SSSR count). The third kappa shape index (κ3) is 4.83. The highest BCUT2D eigenvalue weighted by molar-refractivity contribution is 7.99. The third-order valence-corrected chi connectivity index (χ3v) is 5.48. The summed E-state index contributed by atoms with van der Waals surface area (Å²) in [7, 11) is 0. The minimum absolute atomic E-state index is 0.0169. The number of nitrogens with zero attached hydrogens (tertiary/aromatic N) is 3. The van der Waals surface area contributed by atoms with E-state index in [1.165, 1.54) is 12.1 Å². The predicted molar refractivity (Wildman–Crippen MR) is 114 cm³/mol. The van der Waals surface area contributed by atoms with Crippen molar-refractivity contribution in [2.75, 3.05) is 11.1 Å². The van der Waals surface area contributed by atoms with Crippen LogP contribution in [-0.2, 0) is 11.3 Å². The fraction of sp³-hybridized carbons (Fsp3) is 0.136. The van der Waals surface area contributed by atoms with Crippen LogP contribution in [0.3, 0.4) is 0 Å². The summed E-state index contributed by atoms with van der Waals surface area (Å²) in [4.78, 5) is 12.4. The van der Waals surface area contributed by atoms with E-state index < -0.39 is 11.6 Å². The Labute approximate surface area is 181 Å². The lowest BCUT2D eigenvalue weighted by molar-refractivity contribution is -0.113. The molecule has 2 heterocycles. The SMILES string of the molecule is Cc1ccc(NC(=O)CSc2nnc(-c3ccccc3F)n2Cc2ccco2)cc1F. The summed E-state index contributed by atoms with van der Waals surface area (Å²) in [6.07, 6.45) is 1.55. The molecule has 31 heavy (non-hydrogen) atoms. The second-order valence-electron chi connectivity index (χ2n) is 6.75. The zero-order valence-corrected chi connectivity index (χ0v) is 17.3. The molecule has 0 unspecified atom stereocenters. The number of rotatable bonds is 7. The van der Waals surface area contributed by atoms with Crippen LogP contribution in [-0.4, -0.2) is 26.4 Å². The highest BCUT2D eigenvalue weighted by Crippen LogP contribution is 2.27. The average Bonchev–Trinajstić information content (AvgIpc) is 3.40. The van der Waals surface area contributed by atoms with E-state index in [0.717, 1.165) is 11.8 Å². The molecule has 0 saturated heterocycles. The van der Waals surface area contributed by atoms with E-state index in [2.05, 4.69) is 15.5 Å². The number of nitrogens with one attached hydrogen (secondary N) is 1. The number of aromatic nitrogens is 3. The fourth-order valence-corrected chi connectivity index (χ4v) is 3.67. The van der Waals surface area contributed by atoms with Crippen LogP contribution in [0.4, 0.5) is 14.5 Å². The number of amides is 1. The second kappa shape index (κ2) is 9.13. The minimum Gasteiger partial charge on any atom is -0.467 e. The molecule has 6 nitrogen and oxygen atoms in total. The van der Waals surface area contributed by atoms with Gasteiger partial charge in [0, 0.05) is 5.69 Å². The van der Waals surface area contributed by atoms with Gasteiger partial charge < -0.3 is 9.73 Å². The summed E-state index contributed by atoms with van der Waals surface area (Å²) in [5, 5.41) is 11.4. The summed E-state index contributed by atoms with van der Waals surface area (Å²) in [5.74, 6) is -0.155. The molecule has 0 atom stereocenters. The minimum atomic E-state index is -0.425. The molecule has 9 heteroatoms. The van der Waals surface area contributed by atoms with Gasteiger partial charge in [0.2, 0.25) is 5.91 Å². The molecule has 0 aliphatic rings. The normalized spacial score (nSPS) is 10.9. The Kier molecular flexibility index (Phi) is 6.13. The van der Waals surface area contributed by atoms with Gasteiger partial charge in [0.05, 0.1) is 24.1 Å². The number of thioether (sulfide) groups is 1. The summed E-state index contributed by atoms with van der Waals surface area (Å²) >= 11 is 1.14. The fourth-order valence-electron chi connectivity index (χ4n) is 2.94. The van der Waals surface area contributed by atoms with Crippen molar-refractivity contribution in [1.29, 1.82) is 0 Å². The zero-order valence-electron chi connectivity index (χ0n) is 16.5. The Morgan fingerprint density at radius 3 is 2.68 bits per heavy atom. The number of benzene rings is 2. The molecule has 158 valence electrons. The van der Waals surface area contributed by atoms with Crippen LogP contribution >= 0.6 is 11.8 Å². The van der Waals surface area contributed by atoms with E-state index in [4.69, 9.17) is 4.42 Å². The Morgan fingerprint density at radius 2 is 1.94 bits per heavy atom. The van der Waals surface area contributed by atoms with Gasteiger partial charge in [0.1, 0.15) is 17.4 Å². The largest absolute Gasteiger partial charge is 0.467 e. The van der Waals surface area contributed by atoms with Crippen LogP contribution in [0.2, 0.25) is 0 Å². The first-order valence-corrected chi connectivity index (χ1v) is 10.4. The molecule has 0 spiro atoms. The summed E-state index contributed by atoms with van der Waals surface area (Å²) in [5.41, 5.74) is 1.17. The monoisotopic (exact) mass is 440 g/mol. The van der Waals surface area contributed by atoms with Gasteiger partial charge in [-0.15, -0.1) is 10.2 Å². The Morgan fingerprint density at radius 1 is 1.10 bits per heavy atom. The van der Waals surface area contributed by atoms with Gasteiger partial charge in [0.15, 0.2) is 11.0 Å². The lowest BCUT2D eigenvalue weighted by atomic mass is 10.2. The van der Waals surface area contributed by atoms with Gasteiger partial charge in [0.25, 0.3) is 0 Å². The van der Waals surface area contributed by atoms with Gasteiger partial charge in [-0.25, -0.2) is 8.78 Å². The molecule has 1 amide bonds. The predicted octanol–water partition coefficient (Wildman–Crippen LogP) is 4.90. The van der Waals surface area contributed by atoms with E-state index in [0.29, 0.717) is 33.6 Å². The Balaban J connectivity index is 1.54. The first kappa shape index (κ1) is 20.8. The zero-order chi connectivity index (χ0) is 21.8. The quantitative estimate of drug-likeness (QED) is 0.414. The Bertz CT molecular complexity index is 1210. The second-order valence-corrected chi connectivity index (χ2v) is 7.69. The van der Waals surface area contributed by atoms with Crippen LogP contribution in [0, 0.1) is 18.6 Å². The standard InChI is InChI=1S/C22H18F2N4O2S/c1-14-8-9-15(11-19(14)24)25-20(29)13-31-22-27-26-21(17-6-2-3-7-18(17)23)28(22)12-16-5-4-10-30-16/h2-11H,12-13H2,1H3,(H,25,29). The highest BCUT2D eigenvalue weighted by atomic mass is 32.2. The molecule has 0 bridgehead atoms. The smallest absolute Gasteiger partial charge is 0.234 e. The third-order valence-electron chi connectivity index (χ3n) is 4.51. The van der Waals surface area contributed by atoms with Gasteiger partial charge >= 0.3 is 0 Å². The Hall–Kier alpha value is -3.46. The number of carbonyl (C=O) groups excluding carboxylic acids is 1. The number of anilines is 1. The maximum atomic E-state index is 14.4. The van der Waals surface area contributed by atoms with Gasteiger partial charge in [-0.2, -0.15) is 0 Å². The number of aryl methyl sites for hydroxylation is 1. The number of furan rings is 1. The topological polar surface area (TPSA) is 73.0 Å². The summed E-state index contributed by atoms with van der Waals surface area (Å²) < 4.78 is 35.2. The molecule has 0 aliphatic carbocycles. The first-order valence-electron chi connectivity index (χ1n) is 9.40. The van der Waals surface area contributed by atoms with Crippen LogP contribution in [0.15, 0.2) is 70.4 Å². The lowest BCUT2D eigenvalue weighted by Gasteiger charge is -2.10. The molecule has 0 fully saturated rings. The molecule has 0 aliphatic heterocycles. The van der Waals surface area contributed by atoms with Crippen molar-refractivity contribution in [1.82, 2.24) is 14.8 Å². The van der Waals surface area contributed by atoms with Crippen molar-refractivity contribution in [2.45, 2.75) is 18.6 Å². The van der Waals surface area contributed by atoms with Crippen molar-refractivity contribution in [3.8, 4) is 11.4 Å². The van der Waals surface area contributed by atoms with Gasteiger partial charge in [-0.1, -0.05) is 30.0 Å². The van der Waals surface area contributed by atoms with Crippen LogP contribution in [0.1, 0.15) is 11.3 Å². The summed E-state index contributed by atoms with van der Waals surface area (Å²) in [6, 6.07) is 14.3. The van der Waals surface area contributed by atoms with Gasteiger partial charge in [-0.05, 0) is 48.9 Å². The summed E-state index contributed by atoms with van der Waals surface area (Å²) in [6.45, 7) is 1.92. The maximum absolute atomic E-state index is 14.4. The molecule has 1 N–H and O–H groups in total. The van der Waals surface area contributed by atoms with E-state index in [9.17, 15) is 13.6 Å².